The minimum atomic E-state index is -4.51. The second-order valence-electron chi connectivity index (χ2n) is 5.37. The molecule has 12 heteroatoms. The number of hydrogen-bond acceptors (Lipinski definition) is 6. The molecule has 0 saturated carbocycles. The van der Waals surface area contributed by atoms with Gasteiger partial charge in [-0.1, -0.05) is 6.07 Å². The zero-order valence-electron chi connectivity index (χ0n) is 14.8. The molecule has 0 radical (unpaired) electrons. The zero-order valence-corrected chi connectivity index (χ0v) is 15.6. The normalized spacial score (nSPS) is 13.1. The van der Waals surface area contributed by atoms with E-state index in [0.717, 1.165) is 12.1 Å². The Labute approximate surface area is 159 Å². The molecule has 0 bridgehead atoms. The van der Waals surface area contributed by atoms with Gasteiger partial charge in [0.2, 0.25) is 15.9 Å². The topological polar surface area (TPSA) is 121 Å². The first-order chi connectivity index (χ1) is 13.1. The summed E-state index contributed by atoms with van der Waals surface area (Å²) in [6.45, 7) is 0. The van der Waals surface area contributed by atoms with Crippen LogP contribution in [0, 0.1) is 0 Å². The molecule has 0 aliphatic rings. The fourth-order valence-corrected chi connectivity index (χ4v) is 3.03. The molecule has 0 aliphatic heterocycles. The van der Waals surface area contributed by atoms with Crippen molar-refractivity contribution in [1.82, 2.24) is 4.72 Å². The van der Waals surface area contributed by atoms with Crippen molar-refractivity contribution >= 4 is 27.2 Å². The van der Waals surface area contributed by atoms with Gasteiger partial charge in [-0.25, -0.2) is 13.1 Å². The molecule has 2 aromatic rings. The molecule has 2 rings (SSSR count). The van der Waals surface area contributed by atoms with E-state index < -0.39 is 21.8 Å². The van der Waals surface area contributed by atoms with Gasteiger partial charge in [-0.2, -0.15) is 23.4 Å². The van der Waals surface area contributed by atoms with Gasteiger partial charge in [-0.15, -0.1) is 5.11 Å². The van der Waals surface area contributed by atoms with E-state index in [2.05, 4.69) is 25.4 Å². The lowest BCUT2D eigenvalue weighted by molar-refractivity contribution is -0.137. The van der Waals surface area contributed by atoms with E-state index in [0.29, 0.717) is 0 Å². The summed E-state index contributed by atoms with van der Waals surface area (Å²) in [6.07, 6.45) is -4.51. The summed E-state index contributed by atoms with van der Waals surface area (Å²) in [5, 5.41) is 13.6. The van der Waals surface area contributed by atoms with Gasteiger partial charge in [0.1, 0.15) is 0 Å². The van der Waals surface area contributed by atoms with E-state index in [1.54, 1.807) is 0 Å². The number of alkyl halides is 3. The van der Waals surface area contributed by atoms with Gasteiger partial charge < -0.3 is 11.2 Å². The first-order valence-corrected chi connectivity index (χ1v) is 9.20. The number of hydrazone groups is 1. The molecule has 2 aromatic carbocycles. The van der Waals surface area contributed by atoms with E-state index in [1.807, 2.05) is 0 Å². The van der Waals surface area contributed by atoms with Gasteiger partial charge in [0.15, 0.2) is 0 Å². The highest BCUT2D eigenvalue weighted by atomic mass is 32.2. The smallest absolute Gasteiger partial charge is 0.355 e. The maximum absolute atomic E-state index is 12.9. The second kappa shape index (κ2) is 8.35. The summed E-state index contributed by atoms with van der Waals surface area (Å²) in [4.78, 5) is -0.105. The second-order valence-corrected chi connectivity index (χ2v) is 7.26. The standard InChI is InChI=1S/C16H17F3N6O2S/c1-21-25-15(24-20)13-9-12(28(26,27)22-2)6-7-14(13)23-11-5-3-4-10(8-11)16(17,18)19/h3-9,22-23H,20H2,1-2H3/b24-15-,25-21?. The van der Waals surface area contributed by atoms with Crippen LogP contribution in [0.5, 0.6) is 0 Å². The number of rotatable bonds is 5. The molecule has 4 N–H and O–H groups in total. The van der Waals surface area contributed by atoms with Crippen molar-refractivity contribution < 1.29 is 21.6 Å². The van der Waals surface area contributed by atoms with Gasteiger partial charge >= 0.3 is 6.18 Å². The van der Waals surface area contributed by atoms with Crippen LogP contribution in [-0.4, -0.2) is 28.3 Å². The third kappa shape index (κ3) is 4.84. The summed E-state index contributed by atoms with van der Waals surface area (Å²) in [5.41, 5.74) is -0.327. The van der Waals surface area contributed by atoms with Crippen LogP contribution in [0.15, 0.2) is 62.7 Å². The van der Waals surface area contributed by atoms with E-state index in [1.165, 1.54) is 44.4 Å². The molecule has 0 aliphatic carbocycles. The Balaban J connectivity index is 2.58. The van der Waals surface area contributed by atoms with Crippen LogP contribution in [0.25, 0.3) is 0 Å². The van der Waals surface area contributed by atoms with Crippen LogP contribution in [0.2, 0.25) is 0 Å². The molecule has 28 heavy (non-hydrogen) atoms. The average Bonchev–Trinajstić information content (AvgIpc) is 2.66. The molecular formula is C16H17F3N6O2S. The highest BCUT2D eigenvalue weighted by molar-refractivity contribution is 7.89. The van der Waals surface area contributed by atoms with Crippen molar-refractivity contribution in [2.45, 2.75) is 11.1 Å². The molecule has 0 unspecified atom stereocenters. The van der Waals surface area contributed by atoms with Crippen molar-refractivity contribution in [2.75, 3.05) is 19.4 Å². The summed E-state index contributed by atoms with van der Waals surface area (Å²) >= 11 is 0. The maximum Gasteiger partial charge on any atom is 0.416 e. The number of sulfonamides is 1. The van der Waals surface area contributed by atoms with Gasteiger partial charge in [0.05, 0.1) is 10.5 Å². The SMILES string of the molecule is CN=N/C(=N\N)c1cc(S(=O)(=O)NC)ccc1Nc1cccc(C(F)(F)F)c1. The molecule has 0 amide bonds. The third-order valence-electron chi connectivity index (χ3n) is 3.60. The summed E-state index contributed by atoms with van der Waals surface area (Å²) in [7, 11) is -1.18. The molecule has 0 atom stereocenters. The Kier molecular flexibility index (Phi) is 6.36. The molecule has 0 heterocycles. The molecule has 150 valence electrons. The summed E-state index contributed by atoms with van der Waals surface area (Å²) in [5.74, 6) is 5.21. The third-order valence-corrected chi connectivity index (χ3v) is 5.01. The Morgan fingerprint density at radius 1 is 1.14 bits per heavy atom. The number of benzene rings is 2. The van der Waals surface area contributed by atoms with Crippen LogP contribution in [0.4, 0.5) is 24.5 Å². The molecule has 0 spiro atoms. The number of amidine groups is 1. The fourth-order valence-electron chi connectivity index (χ4n) is 2.28. The Bertz CT molecular complexity index is 1020. The van der Waals surface area contributed by atoms with Crippen molar-refractivity contribution in [3.05, 3.63) is 53.6 Å². The monoisotopic (exact) mass is 414 g/mol. The van der Waals surface area contributed by atoms with Crippen LogP contribution in [0.3, 0.4) is 0 Å². The van der Waals surface area contributed by atoms with Gasteiger partial charge in [0, 0.05) is 24.0 Å². The number of nitrogens with zero attached hydrogens (tertiary/aromatic N) is 3. The Morgan fingerprint density at radius 2 is 1.86 bits per heavy atom. The number of nitrogens with one attached hydrogen (secondary N) is 2. The molecule has 0 fully saturated rings. The number of azo groups is 1. The number of anilines is 2. The largest absolute Gasteiger partial charge is 0.416 e. The highest BCUT2D eigenvalue weighted by Crippen LogP contribution is 2.32. The predicted molar refractivity (Wildman–Crippen MR) is 98.9 cm³/mol. The Hall–Kier alpha value is -2.99. The van der Waals surface area contributed by atoms with E-state index in [4.69, 9.17) is 5.84 Å². The molecule has 0 saturated heterocycles. The average molecular weight is 414 g/mol. The minimum Gasteiger partial charge on any atom is -0.355 e. The van der Waals surface area contributed by atoms with Crippen LogP contribution in [0.1, 0.15) is 11.1 Å². The van der Waals surface area contributed by atoms with Crippen molar-refractivity contribution in [3.8, 4) is 0 Å². The van der Waals surface area contributed by atoms with Gasteiger partial charge in [0.25, 0.3) is 0 Å². The quantitative estimate of drug-likeness (QED) is 0.229. The van der Waals surface area contributed by atoms with E-state index >= 15 is 0 Å². The number of halogens is 3. The van der Waals surface area contributed by atoms with Crippen molar-refractivity contribution in [1.29, 1.82) is 0 Å². The number of hydrogen-bond donors (Lipinski definition) is 3. The van der Waals surface area contributed by atoms with E-state index in [9.17, 15) is 21.6 Å². The van der Waals surface area contributed by atoms with Gasteiger partial charge in [-0.05, 0) is 43.4 Å². The summed E-state index contributed by atoms with van der Waals surface area (Å²) < 4.78 is 65.1. The first kappa shape index (κ1) is 21.3. The van der Waals surface area contributed by atoms with Crippen LogP contribution in [-0.2, 0) is 16.2 Å². The number of nitrogens with two attached hydrogens (primary N) is 1. The molecule has 8 nitrogen and oxygen atoms in total. The first-order valence-electron chi connectivity index (χ1n) is 7.72. The lowest BCUT2D eigenvalue weighted by atomic mass is 10.1. The summed E-state index contributed by atoms with van der Waals surface area (Å²) in [6, 6.07) is 8.42. The molecule has 0 aromatic heterocycles. The van der Waals surface area contributed by atoms with Crippen molar-refractivity contribution in [3.63, 3.8) is 0 Å². The lowest BCUT2D eigenvalue weighted by Crippen LogP contribution is -2.19. The lowest BCUT2D eigenvalue weighted by Gasteiger charge is -2.14. The van der Waals surface area contributed by atoms with Gasteiger partial charge in [-0.3, -0.25) is 0 Å². The fraction of sp³-hybridized carbons (Fsp3) is 0.188. The van der Waals surface area contributed by atoms with Crippen LogP contribution < -0.4 is 15.9 Å². The predicted octanol–water partition coefficient (Wildman–Crippen LogP) is 3.06. The van der Waals surface area contributed by atoms with E-state index in [-0.39, 0.29) is 27.7 Å². The molecular weight excluding hydrogens is 397 g/mol. The minimum absolute atomic E-state index is 0.105. The van der Waals surface area contributed by atoms with Crippen molar-refractivity contribution in [2.24, 2.45) is 21.2 Å². The Morgan fingerprint density at radius 3 is 2.43 bits per heavy atom. The maximum atomic E-state index is 12.9. The zero-order chi connectivity index (χ0) is 20.9. The van der Waals surface area contributed by atoms with Crippen LogP contribution >= 0.6 is 0 Å². The highest BCUT2D eigenvalue weighted by Gasteiger charge is 2.30.